The van der Waals surface area contributed by atoms with Crippen LogP contribution in [0.3, 0.4) is 0 Å². The predicted octanol–water partition coefficient (Wildman–Crippen LogP) is 9.40. The molecule has 0 bridgehead atoms. The Morgan fingerprint density at radius 1 is 0.887 bits per heavy atom. The summed E-state index contributed by atoms with van der Waals surface area (Å²) in [5, 5.41) is 6.29. The molecule has 1 unspecified atom stereocenters. The lowest BCUT2D eigenvalue weighted by atomic mass is 9.77. The number of fused-ring (bicyclic) bond motifs is 1. The van der Waals surface area contributed by atoms with Gasteiger partial charge in [-0.15, -0.1) is 0 Å². The Kier molecular flexibility index (Phi) is 12.7. The summed E-state index contributed by atoms with van der Waals surface area (Å²) < 4.78 is 79.9. The fourth-order valence-corrected chi connectivity index (χ4v) is 10.0. The summed E-state index contributed by atoms with van der Waals surface area (Å²) in [6.07, 6.45) is -1.83. The summed E-state index contributed by atoms with van der Waals surface area (Å²) in [6, 6.07) is 34.1. The fraction of sp³-hybridized carbons (Fsp3) is 0.348. The molecule has 1 aliphatic rings. The fourth-order valence-electron chi connectivity index (χ4n) is 7.72. The van der Waals surface area contributed by atoms with E-state index in [9.17, 15) is 9.36 Å². The maximum Gasteiger partial charge on any atom is 0.323 e. The number of rotatable bonds is 17. The first-order valence-corrected chi connectivity index (χ1v) is 22.2. The molecular weight excluding hydrogens is 818 g/mol. The predicted molar refractivity (Wildman–Crippen MR) is 232 cm³/mol. The molecule has 2 aromatic heterocycles. The molecule has 1 fully saturated rings. The van der Waals surface area contributed by atoms with Gasteiger partial charge in [0, 0.05) is 0 Å². The SMILES string of the molecule is CCOc1nc(NC(c2ccccc2)(c2ccccc2)c2ccc(OC)cc2)nc2c1ncn2[C@@H]1O[C@](F)(CP(=O)(N[C@@H](C)C(=O)OC(C)C)Oc2ccccc2)[C@@H](C)[C@@]1(C)F. The number of hydrogen-bond acceptors (Lipinski definition) is 11. The molecule has 13 nitrogen and oxygen atoms in total. The van der Waals surface area contributed by atoms with E-state index >= 15 is 8.78 Å². The monoisotopic (exact) mass is 868 g/mol. The van der Waals surface area contributed by atoms with Gasteiger partial charge in [-0.1, -0.05) is 97.9 Å². The smallest absolute Gasteiger partial charge is 0.323 e. The van der Waals surface area contributed by atoms with Crippen LogP contribution in [0.25, 0.3) is 11.2 Å². The number of ether oxygens (including phenoxy) is 4. The van der Waals surface area contributed by atoms with Crippen LogP contribution in [0, 0.1) is 5.92 Å². The van der Waals surface area contributed by atoms with E-state index in [1.165, 1.54) is 43.8 Å². The number of methoxy groups -OCH3 is 1. The summed E-state index contributed by atoms with van der Waals surface area (Å²) in [7, 11) is -2.80. The van der Waals surface area contributed by atoms with Crippen LogP contribution in [-0.2, 0) is 24.4 Å². The molecule has 0 spiro atoms. The molecule has 16 heteroatoms. The summed E-state index contributed by atoms with van der Waals surface area (Å²) in [5.41, 5.74) is -0.793. The van der Waals surface area contributed by atoms with Crippen molar-refractivity contribution in [1.29, 1.82) is 0 Å². The van der Waals surface area contributed by atoms with Gasteiger partial charge >= 0.3 is 13.5 Å². The first-order valence-electron chi connectivity index (χ1n) is 20.4. The molecule has 0 radical (unpaired) electrons. The van der Waals surface area contributed by atoms with Crippen molar-refractivity contribution in [3.63, 3.8) is 0 Å². The van der Waals surface area contributed by atoms with Gasteiger partial charge in [0.1, 0.15) is 29.2 Å². The van der Waals surface area contributed by atoms with Crippen LogP contribution in [0.4, 0.5) is 14.7 Å². The molecule has 6 atom stereocenters. The minimum Gasteiger partial charge on any atom is -0.497 e. The van der Waals surface area contributed by atoms with Crippen molar-refractivity contribution < 1.29 is 41.6 Å². The van der Waals surface area contributed by atoms with Crippen molar-refractivity contribution in [3.05, 3.63) is 138 Å². The Morgan fingerprint density at radius 2 is 1.47 bits per heavy atom. The number of nitrogens with zero attached hydrogens (tertiary/aromatic N) is 4. The third kappa shape index (κ3) is 8.74. The highest BCUT2D eigenvalue weighted by Crippen LogP contribution is 2.58. The maximum atomic E-state index is 17.6. The number of anilines is 1. The van der Waals surface area contributed by atoms with E-state index in [1.807, 2.05) is 84.9 Å². The van der Waals surface area contributed by atoms with Crippen molar-refractivity contribution >= 4 is 30.6 Å². The number of hydrogen-bond donors (Lipinski definition) is 2. The zero-order valence-corrected chi connectivity index (χ0v) is 36.5. The highest BCUT2D eigenvalue weighted by molar-refractivity contribution is 7.57. The van der Waals surface area contributed by atoms with Crippen LogP contribution >= 0.6 is 7.52 Å². The number of imidazole rings is 1. The molecule has 4 aromatic carbocycles. The summed E-state index contributed by atoms with van der Waals surface area (Å²) >= 11 is 0. The van der Waals surface area contributed by atoms with Crippen LogP contribution in [0.1, 0.15) is 64.5 Å². The number of carbonyl (C=O) groups is 1. The summed E-state index contributed by atoms with van der Waals surface area (Å²) in [5.74, 6) is -4.20. The second-order valence-corrected chi connectivity index (χ2v) is 17.8. The molecule has 1 saturated heterocycles. The van der Waals surface area contributed by atoms with Crippen LogP contribution < -0.4 is 24.4 Å². The molecule has 3 heterocycles. The Bertz CT molecular complexity index is 2470. The highest BCUT2D eigenvalue weighted by Gasteiger charge is 2.65. The van der Waals surface area contributed by atoms with Crippen LogP contribution in [0.15, 0.2) is 122 Å². The molecular formula is C46H51F2N6O7P. The lowest BCUT2D eigenvalue weighted by Crippen LogP contribution is -2.43. The van der Waals surface area contributed by atoms with Crippen molar-refractivity contribution in [2.24, 2.45) is 5.92 Å². The average molecular weight is 869 g/mol. The number of para-hydroxylation sites is 1. The first kappa shape index (κ1) is 44.2. The minimum absolute atomic E-state index is 0.0768. The molecule has 2 N–H and O–H groups in total. The van der Waals surface area contributed by atoms with Gasteiger partial charge in [-0.2, -0.15) is 9.97 Å². The van der Waals surface area contributed by atoms with Crippen molar-refractivity contribution in [3.8, 4) is 17.4 Å². The second kappa shape index (κ2) is 17.8. The molecule has 326 valence electrons. The summed E-state index contributed by atoms with van der Waals surface area (Å²) in [4.78, 5) is 27.1. The molecule has 1 aliphatic heterocycles. The zero-order valence-electron chi connectivity index (χ0n) is 35.6. The number of aromatic nitrogens is 4. The van der Waals surface area contributed by atoms with Gasteiger partial charge in [0.05, 0.1) is 32.1 Å². The standard InChI is InChI=1S/C46H51F2N6O7P/c1-8-58-40-38-39(50-43(51-40)52-46(33-18-12-9-13-19-33,34-20-14-10-15-21-34)35-24-26-36(57-7)27-25-35)54(29-49-38)42-44(6,47)32(5)45(48,60-42)28-62(56,61-37-22-16-11-17-23-37)53-31(4)41(55)59-30(2)3/h9-27,29-32,42H,8,28H2,1-7H3,(H,53,56)(H,50,51,52)/t31-,32-,42+,44+,45+,62?/m0/s1. The second-order valence-electron chi connectivity index (χ2n) is 15.6. The Morgan fingerprint density at radius 3 is 2.03 bits per heavy atom. The third-order valence-electron chi connectivity index (χ3n) is 11.0. The van der Waals surface area contributed by atoms with Crippen LogP contribution in [-0.4, -0.2) is 69.0 Å². The van der Waals surface area contributed by atoms with Crippen LogP contribution in [0.2, 0.25) is 0 Å². The molecule has 7 rings (SSSR count). The number of benzene rings is 4. The van der Waals surface area contributed by atoms with E-state index in [0.717, 1.165) is 16.7 Å². The third-order valence-corrected chi connectivity index (χ3v) is 13.1. The van der Waals surface area contributed by atoms with Gasteiger partial charge in [0.15, 0.2) is 23.1 Å². The Labute approximate surface area is 359 Å². The molecule has 62 heavy (non-hydrogen) atoms. The lowest BCUT2D eigenvalue weighted by Gasteiger charge is -2.37. The van der Waals surface area contributed by atoms with Crippen molar-refractivity contribution in [2.45, 2.75) is 77.0 Å². The zero-order chi connectivity index (χ0) is 44.3. The number of nitrogens with one attached hydrogen (secondary N) is 2. The number of esters is 1. The maximum absolute atomic E-state index is 17.6. The van der Waals surface area contributed by atoms with E-state index in [0.29, 0.717) is 5.75 Å². The van der Waals surface area contributed by atoms with Gasteiger partial charge in [-0.3, -0.25) is 13.9 Å². The average Bonchev–Trinajstić information content (AvgIpc) is 3.75. The minimum atomic E-state index is -4.40. The van der Waals surface area contributed by atoms with E-state index < -0.39 is 61.0 Å². The van der Waals surface area contributed by atoms with E-state index in [2.05, 4.69) is 15.4 Å². The molecule has 0 aliphatic carbocycles. The normalized spacial score (nSPS) is 21.6. The molecule has 0 amide bonds. The van der Waals surface area contributed by atoms with Gasteiger partial charge in [-0.05, 0) is 75.6 Å². The molecule has 0 saturated carbocycles. The first-order chi connectivity index (χ1) is 29.6. The molecule has 6 aromatic rings. The summed E-state index contributed by atoms with van der Waals surface area (Å²) in [6.45, 7) is 9.30. The van der Waals surface area contributed by atoms with Gasteiger partial charge in [0.25, 0.3) is 0 Å². The van der Waals surface area contributed by atoms with Gasteiger partial charge in [-0.25, -0.2) is 18.9 Å². The quantitative estimate of drug-likeness (QED) is 0.0511. The number of halogens is 2. The highest BCUT2D eigenvalue weighted by atomic mass is 31.2. The lowest BCUT2D eigenvalue weighted by molar-refractivity contribution is -0.157. The number of carbonyl (C=O) groups excluding carboxylic acids is 1. The van der Waals surface area contributed by atoms with E-state index in [-0.39, 0.29) is 35.3 Å². The van der Waals surface area contributed by atoms with Crippen LogP contribution in [0.5, 0.6) is 17.4 Å². The van der Waals surface area contributed by atoms with Crippen molar-refractivity contribution in [2.75, 3.05) is 25.2 Å². The van der Waals surface area contributed by atoms with E-state index in [1.54, 1.807) is 46.1 Å². The Balaban J connectivity index is 1.32. The van der Waals surface area contributed by atoms with Gasteiger partial charge in [0.2, 0.25) is 17.7 Å². The van der Waals surface area contributed by atoms with E-state index in [4.69, 9.17) is 33.4 Å². The van der Waals surface area contributed by atoms with Gasteiger partial charge < -0.3 is 28.8 Å². The number of alkyl halides is 2. The Hall–Kier alpha value is -5.89. The van der Waals surface area contributed by atoms with Crippen molar-refractivity contribution in [1.82, 2.24) is 24.6 Å². The largest absolute Gasteiger partial charge is 0.497 e. The topological polar surface area (TPSA) is 148 Å².